The van der Waals surface area contributed by atoms with Gasteiger partial charge in [0.1, 0.15) is 6.54 Å². The van der Waals surface area contributed by atoms with Crippen LogP contribution in [0.2, 0.25) is 0 Å². The van der Waals surface area contributed by atoms with Crippen LogP contribution in [-0.2, 0) is 10.0 Å². The SMILES string of the molecule is CC(C)(C)NS(=O)(=O)c1ccc(C(=O)NCC(F)(F)F)cc1. The zero-order valence-electron chi connectivity index (χ0n) is 12.3. The molecule has 1 aromatic carbocycles. The normalized spacial score (nSPS) is 13.0. The zero-order chi connectivity index (χ0) is 17.2. The first kappa shape index (κ1) is 18.4. The van der Waals surface area contributed by atoms with Gasteiger partial charge in [0.05, 0.1) is 4.90 Å². The molecule has 0 radical (unpaired) electrons. The quantitative estimate of drug-likeness (QED) is 0.882. The molecule has 1 aromatic rings. The molecule has 0 heterocycles. The molecule has 1 amide bonds. The molecule has 0 fully saturated rings. The first-order valence-corrected chi connectivity index (χ1v) is 7.77. The highest BCUT2D eigenvalue weighted by Gasteiger charge is 2.28. The fourth-order valence-electron chi connectivity index (χ4n) is 1.53. The summed E-state index contributed by atoms with van der Waals surface area (Å²) >= 11 is 0. The maximum Gasteiger partial charge on any atom is 0.405 e. The first-order valence-electron chi connectivity index (χ1n) is 6.29. The average Bonchev–Trinajstić information content (AvgIpc) is 2.32. The standard InChI is InChI=1S/C13H17F3N2O3S/c1-12(2,3)18-22(20,21)10-6-4-9(5-7-10)11(19)17-8-13(14,15)16/h4-7,18H,8H2,1-3H3,(H,17,19). The molecular formula is C13H17F3N2O3S. The molecule has 124 valence electrons. The molecule has 0 aliphatic heterocycles. The van der Waals surface area contributed by atoms with E-state index in [4.69, 9.17) is 0 Å². The predicted octanol–water partition coefficient (Wildman–Crippen LogP) is 2.06. The Bertz CT molecular complexity index is 632. The van der Waals surface area contributed by atoms with Crippen molar-refractivity contribution >= 4 is 15.9 Å². The summed E-state index contributed by atoms with van der Waals surface area (Å²) in [5.41, 5.74) is -0.735. The van der Waals surface area contributed by atoms with Crippen molar-refractivity contribution in [3.63, 3.8) is 0 Å². The van der Waals surface area contributed by atoms with E-state index < -0.39 is 34.2 Å². The fourth-order valence-corrected chi connectivity index (χ4v) is 2.95. The number of amides is 1. The lowest BCUT2D eigenvalue weighted by Gasteiger charge is -2.20. The third-order valence-electron chi connectivity index (χ3n) is 2.32. The molecule has 2 N–H and O–H groups in total. The van der Waals surface area contributed by atoms with Crippen LogP contribution in [0.25, 0.3) is 0 Å². The van der Waals surface area contributed by atoms with E-state index in [1.54, 1.807) is 26.1 Å². The van der Waals surface area contributed by atoms with E-state index in [-0.39, 0.29) is 10.5 Å². The van der Waals surface area contributed by atoms with Crippen molar-refractivity contribution in [3.8, 4) is 0 Å². The Morgan fingerprint density at radius 1 is 1.09 bits per heavy atom. The molecule has 0 aromatic heterocycles. The van der Waals surface area contributed by atoms with Crippen molar-refractivity contribution in [2.24, 2.45) is 0 Å². The van der Waals surface area contributed by atoms with Crippen LogP contribution in [0.5, 0.6) is 0 Å². The average molecular weight is 338 g/mol. The number of hydrogen-bond donors (Lipinski definition) is 2. The van der Waals surface area contributed by atoms with Crippen molar-refractivity contribution in [1.29, 1.82) is 0 Å². The minimum atomic E-state index is -4.50. The highest BCUT2D eigenvalue weighted by atomic mass is 32.2. The van der Waals surface area contributed by atoms with Gasteiger partial charge < -0.3 is 5.32 Å². The number of alkyl halides is 3. The molecule has 5 nitrogen and oxygen atoms in total. The number of carbonyl (C=O) groups is 1. The van der Waals surface area contributed by atoms with Gasteiger partial charge in [0.15, 0.2) is 0 Å². The third kappa shape index (κ3) is 6.02. The Kier molecular flexibility index (Phi) is 5.24. The first-order chi connectivity index (χ1) is 9.80. The minimum absolute atomic E-state index is 0.0565. The number of halogens is 3. The van der Waals surface area contributed by atoms with Crippen LogP contribution in [0.3, 0.4) is 0 Å². The van der Waals surface area contributed by atoms with Gasteiger partial charge in [-0.1, -0.05) is 0 Å². The predicted molar refractivity (Wildman–Crippen MR) is 74.9 cm³/mol. The number of rotatable bonds is 4. The lowest BCUT2D eigenvalue weighted by Crippen LogP contribution is -2.40. The van der Waals surface area contributed by atoms with Crippen molar-refractivity contribution in [2.75, 3.05) is 6.54 Å². The Morgan fingerprint density at radius 2 is 1.59 bits per heavy atom. The second-order valence-corrected chi connectivity index (χ2v) is 7.36. The molecule has 0 aliphatic rings. The van der Waals surface area contributed by atoms with E-state index in [1.807, 2.05) is 0 Å². The molecule has 0 atom stereocenters. The topological polar surface area (TPSA) is 75.3 Å². The molecular weight excluding hydrogens is 321 g/mol. The van der Waals surface area contributed by atoms with Gasteiger partial charge in [0.2, 0.25) is 10.0 Å². The second-order valence-electron chi connectivity index (χ2n) is 5.68. The molecule has 1 rings (SSSR count). The second kappa shape index (κ2) is 6.25. The van der Waals surface area contributed by atoms with Crippen molar-refractivity contribution in [3.05, 3.63) is 29.8 Å². The van der Waals surface area contributed by atoms with E-state index in [1.165, 1.54) is 0 Å². The largest absolute Gasteiger partial charge is 0.405 e. The van der Waals surface area contributed by atoms with Crippen LogP contribution in [-0.4, -0.2) is 32.6 Å². The Hall–Kier alpha value is -1.61. The van der Waals surface area contributed by atoms with Crippen molar-refractivity contribution in [2.45, 2.75) is 37.4 Å². The molecule has 0 spiro atoms. The number of carbonyl (C=O) groups excluding carboxylic acids is 1. The Balaban J connectivity index is 2.85. The van der Waals surface area contributed by atoms with E-state index >= 15 is 0 Å². The van der Waals surface area contributed by atoms with Gasteiger partial charge >= 0.3 is 6.18 Å². The lowest BCUT2D eigenvalue weighted by molar-refractivity contribution is -0.123. The van der Waals surface area contributed by atoms with Gasteiger partial charge in [-0.2, -0.15) is 13.2 Å². The maximum atomic E-state index is 12.0. The van der Waals surface area contributed by atoms with Crippen LogP contribution in [0.15, 0.2) is 29.2 Å². The summed E-state index contributed by atoms with van der Waals surface area (Å²) in [5.74, 6) is -0.926. The van der Waals surface area contributed by atoms with Gasteiger partial charge in [-0.05, 0) is 45.0 Å². The van der Waals surface area contributed by atoms with Gasteiger partial charge in [-0.3, -0.25) is 4.79 Å². The third-order valence-corrected chi connectivity index (χ3v) is 4.09. The highest BCUT2D eigenvalue weighted by molar-refractivity contribution is 7.89. The lowest BCUT2D eigenvalue weighted by atomic mass is 10.1. The fraction of sp³-hybridized carbons (Fsp3) is 0.462. The Morgan fingerprint density at radius 3 is 2.00 bits per heavy atom. The van der Waals surface area contributed by atoms with Gasteiger partial charge in [0.25, 0.3) is 5.91 Å². The summed E-state index contributed by atoms with van der Waals surface area (Å²) in [5, 5.41) is 1.71. The molecule has 9 heteroatoms. The summed E-state index contributed by atoms with van der Waals surface area (Å²) in [7, 11) is -3.76. The van der Waals surface area contributed by atoms with Crippen molar-refractivity contribution in [1.82, 2.24) is 10.0 Å². The van der Waals surface area contributed by atoms with E-state index in [2.05, 4.69) is 4.72 Å². The van der Waals surface area contributed by atoms with Crippen LogP contribution in [0.4, 0.5) is 13.2 Å². The summed E-state index contributed by atoms with van der Waals surface area (Å²) in [6.07, 6.45) is -4.50. The summed E-state index contributed by atoms with van der Waals surface area (Å²) in [6, 6.07) is 4.64. The minimum Gasteiger partial charge on any atom is -0.343 e. The van der Waals surface area contributed by atoms with Crippen LogP contribution >= 0.6 is 0 Å². The number of benzene rings is 1. The van der Waals surface area contributed by atoms with Crippen LogP contribution < -0.4 is 10.0 Å². The van der Waals surface area contributed by atoms with E-state index in [0.717, 1.165) is 24.3 Å². The van der Waals surface area contributed by atoms with Gasteiger partial charge in [-0.25, -0.2) is 13.1 Å². The summed E-state index contributed by atoms with van der Waals surface area (Å²) in [4.78, 5) is 11.4. The number of hydrogen-bond acceptors (Lipinski definition) is 3. The molecule has 0 saturated heterocycles. The smallest absolute Gasteiger partial charge is 0.343 e. The molecule has 0 bridgehead atoms. The van der Waals surface area contributed by atoms with Crippen molar-refractivity contribution < 1.29 is 26.4 Å². The van der Waals surface area contributed by atoms with Gasteiger partial charge in [-0.15, -0.1) is 0 Å². The van der Waals surface area contributed by atoms with Crippen LogP contribution in [0.1, 0.15) is 31.1 Å². The van der Waals surface area contributed by atoms with E-state index in [9.17, 15) is 26.4 Å². The molecule has 22 heavy (non-hydrogen) atoms. The Labute approximate surface area is 127 Å². The zero-order valence-corrected chi connectivity index (χ0v) is 13.1. The molecule has 0 unspecified atom stereocenters. The summed E-state index contributed by atoms with van der Waals surface area (Å²) in [6.45, 7) is 3.56. The number of nitrogens with one attached hydrogen (secondary N) is 2. The monoisotopic (exact) mass is 338 g/mol. The highest BCUT2D eigenvalue weighted by Crippen LogP contribution is 2.15. The summed E-state index contributed by atoms with van der Waals surface area (Å²) < 4.78 is 62.5. The molecule has 0 saturated carbocycles. The van der Waals surface area contributed by atoms with Gasteiger partial charge in [0, 0.05) is 11.1 Å². The molecule has 0 aliphatic carbocycles. The number of sulfonamides is 1. The van der Waals surface area contributed by atoms with Crippen LogP contribution in [0, 0.1) is 0 Å². The van der Waals surface area contributed by atoms with E-state index in [0.29, 0.717) is 0 Å². The maximum absolute atomic E-state index is 12.0.